The van der Waals surface area contributed by atoms with Crippen molar-refractivity contribution >= 4 is 11.6 Å². The minimum Gasteiger partial charge on any atom is -0.497 e. The number of hydrogen-bond acceptors (Lipinski definition) is 6. The average molecular weight is 437 g/mol. The number of aryl methyl sites for hydroxylation is 1. The maximum atomic E-state index is 5.81. The van der Waals surface area contributed by atoms with E-state index in [1.807, 2.05) is 61.0 Å². The molecule has 0 saturated carbocycles. The fourth-order valence-corrected chi connectivity index (χ4v) is 3.19. The van der Waals surface area contributed by atoms with Gasteiger partial charge in [0.2, 0.25) is 0 Å². The molecule has 0 fully saturated rings. The van der Waals surface area contributed by atoms with Gasteiger partial charge in [-0.15, -0.1) is 10.2 Å². The van der Waals surface area contributed by atoms with Gasteiger partial charge in [-0.1, -0.05) is 12.1 Å². The zero-order valence-electron chi connectivity index (χ0n) is 18.6. The predicted octanol–water partition coefficient (Wildman–Crippen LogP) is 3.05. The van der Waals surface area contributed by atoms with Gasteiger partial charge in [-0.2, -0.15) is 0 Å². The van der Waals surface area contributed by atoms with Crippen LogP contribution in [0.15, 0.2) is 47.5 Å². The molecule has 2 heterocycles. The third-order valence-electron chi connectivity index (χ3n) is 5.19. The molecular weight excluding hydrogens is 408 g/mol. The number of nitrogens with zero attached hydrogens (tertiary/aromatic N) is 4. The maximum Gasteiger partial charge on any atom is 0.196 e. The van der Waals surface area contributed by atoms with Crippen LogP contribution in [0.1, 0.15) is 23.6 Å². The lowest BCUT2D eigenvalue weighted by atomic mass is 10.2. The van der Waals surface area contributed by atoms with Crippen LogP contribution in [0.25, 0.3) is 0 Å². The number of methoxy groups -OCH3 is 1. The van der Waals surface area contributed by atoms with Gasteiger partial charge < -0.3 is 29.4 Å². The topological polar surface area (TPSA) is 94.8 Å². The van der Waals surface area contributed by atoms with Crippen molar-refractivity contribution in [1.29, 1.82) is 0 Å². The zero-order valence-corrected chi connectivity index (χ0v) is 18.6. The van der Waals surface area contributed by atoms with Crippen LogP contribution >= 0.6 is 0 Å². The van der Waals surface area contributed by atoms with E-state index in [1.165, 1.54) is 0 Å². The second-order valence-corrected chi connectivity index (χ2v) is 7.43. The smallest absolute Gasteiger partial charge is 0.196 e. The third-order valence-corrected chi connectivity index (χ3v) is 5.19. The Bertz CT molecular complexity index is 1080. The molecule has 4 rings (SSSR count). The van der Waals surface area contributed by atoms with Crippen molar-refractivity contribution in [3.63, 3.8) is 0 Å². The summed E-state index contributed by atoms with van der Waals surface area (Å²) in [6.07, 6.45) is 0.866. The molecule has 0 unspecified atom stereocenters. The molecule has 3 aromatic rings. The van der Waals surface area contributed by atoms with E-state index in [-0.39, 0.29) is 0 Å². The van der Waals surface area contributed by atoms with Crippen LogP contribution in [-0.2, 0) is 20.1 Å². The number of guanidine groups is 1. The van der Waals surface area contributed by atoms with E-state index in [0.717, 1.165) is 46.6 Å². The van der Waals surface area contributed by atoms with Gasteiger partial charge in [-0.3, -0.25) is 0 Å². The molecule has 9 nitrogen and oxygen atoms in total. The third kappa shape index (κ3) is 5.29. The normalized spacial score (nSPS) is 13.4. The summed E-state index contributed by atoms with van der Waals surface area (Å²) < 4.78 is 18.7. The lowest BCUT2D eigenvalue weighted by Gasteiger charge is -2.14. The number of anilines is 1. The summed E-state index contributed by atoms with van der Waals surface area (Å²) in [5.74, 6) is 4.60. The van der Waals surface area contributed by atoms with Gasteiger partial charge in [0.05, 0.1) is 33.4 Å². The van der Waals surface area contributed by atoms with Gasteiger partial charge in [-0.05, 0) is 36.8 Å². The van der Waals surface area contributed by atoms with Crippen LogP contribution in [0.2, 0.25) is 0 Å². The Hall–Kier alpha value is -3.75. The van der Waals surface area contributed by atoms with E-state index in [2.05, 4.69) is 20.8 Å². The summed E-state index contributed by atoms with van der Waals surface area (Å²) >= 11 is 0. The Morgan fingerprint density at radius 2 is 1.88 bits per heavy atom. The number of hydrogen-bond donors (Lipinski definition) is 2. The monoisotopic (exact) mass is 436 g/mol. The minimum absolute atomic E-state index is 0.482. The molecule has 168 valence electrons. The predicted molar refractivity (Wildman–Crippen MR) is 122 cm³/mol. The van der Waals surface area contributed by atoms with E-state index in [9.17, 15) is 0 Å². The summed E-state index contributed by atoms with van der Waals surface area (Å²) in [5, 5.41) is 15.0. The number of aliphatic imine (C=N–C) groups is 1. The molecule has 0 amide bonds. The van der Waals surface area contributed by atoms with Crippen molar-refractivity contribution in [3.8, 4) is 17.2 Å². The molecule has 32 heavy (non-hydrogen) atoms. The SMILES string of the molecule is COc1ccc(CN=C(NCc2nnc(C)n2C)Nc2ccc3c(c2)OCCCO3)cc1. The molecule has 1 aliphatic heterocycles. The minimum atomic E-state index is 0.482. The molecule has 2 aromatic carbocycles. The first kappa shape index (κ1) is 21.5. The molecule has 0 bridgehead atoms. The van der Waals surface area contributed by atoms with Gasteiger partial charge in [-0.25, -0.2) is 4.99 Å². The van der Waals surface area contributed by atoms with Crippen LogP contribution in [0, 0.1) is 6.92 Å². The molecule has 1 aliphatic rings. The van der Waals surface area contributed by atoms with Crippen LogP contribution < -0.4 is 24.8 Å². The van der Waals surface area contributed by atoms with Crippen molar-refractivity contribution in [2.45, 2.75) is 26.4 Å². The summed E-state index contributed by atoms with van der Waals surface area (Å²) in [7, 11) is 3.60. The van der Waals surface area contributed by atoms with E-state index in [1.54, 1.807) is 7.11 Å². The Morgan fingerprint density at radius 3 is 2.59 bits per heavy atom. The molecule has 1 aromatic heterocycles. The Balaban J connectivity index is 1.51. The van der Waals surface area contributed by atoms with Gasteiger partial charge in [0.25, 0.3) is 0 Å². The van der Waals surface area contributed by atoms with Crippen LogP contribution in [0.3, 0.4) is 0 Å². The van der Waals surface area contributed by atoms with Crippen molar-refractivity contribution in [2.75, 3.05) is 25.6 Å². The summed E-state index contributed by atoms with van der Waals surface area (Å²) in [5.41, 5.74) is 1.92. The highest BCUT2D eigenvalue weighted by Crippen LogP contribution is 2.32. The molecule has 9 heteroatoms. The second-order valence-electron chi connectivity index (χ2n) is 7.43. The number of ether oxygens (including phenoxy) is 3. The van der Waals surface area contributed by atoms with E-state index in [0.29, 0.717) is 32.3 Å². The average Bonchev–Trinajstić information content (AvgIpc) is 3.00. The standard InChI is InChI=1S/C23H28N6O3/c1-16-27-28-22(29(16)2)15-25-23(24-14-17-5-8-19(30-3)9-6-17)26-18-7-10-20-21(13-18)32-12-4-11-31-20/h5-10,13H,4,11-12,14-15H2,1-3H3,(H2,24,25,26). The Kier molecular flexibility index (Phi) is 6.74. The number of nitrogens with one attached hydrogen (secondary N) is 2. The number of rotatable bonds is 6. The quantitative estimate of drug-likeness (QED) is 0.453. The molecule has 0 spiro atoms. The lowest BCUT2D eigenvalue weighted by Crippen LogP contribution is -2.31. The van der Waals surface area contributed by atoms with Crippen LogP contribution in [-0.4, -0.2) is 41.0 Å². The van der Waals surface area contributed by atoms with Gasteiger partial charge in [0, 0.05) is 25.2 Å². The first-order chi connectivity index (χ1) is 15.6. The van der Waals surface area contributed by atoms with Crippen molar-refractivity contribution < 1.29 is 14.2 Å². The number of aromatic nitrogens is 3. The molecular formula is C23H28N6O3. The van der Waals surface area contributed by atoms with Crippen molar-refractivity contribution in [3.05, 3.63) is 59.7 Å². The van der Waals surface area contributed by atoms with Crippen molar-refractivity contribution in [2.24, 2.45) is 12.0 Å². The van der Waals surface area contributed by atoms with Gasteiger partial charge in [0.15, 0.2) is 23.3 Å². The fourth-order valence-electron chi connectivity index (χ4n) is 3.19. The summed E-state index contributed by atoms with van der Waals surface area (Å²) in [4.78, 5) is 4.75. The maximum absolute atomic E-state index is 5.81. The highest BCUT2D eigenvalue weighted by Gasteiger charge is 2.12. The number of fused-ring (bicyclic) bond motifs is 1. The Labute approximate surface area is 187 Å². The van der Waals surface area contributed by atoms with E-state index in [4.69, 9.17) is 19.2 Å². The highest BCUT2D eigenvalue weighted by molar-refractivity contribution is 5.93. The first-order valence-electron chi connectivity index (χ1n) is 10.5. The van der Waals surface area contributed by atoms with Crippen LogP contribution in [0.5, 0.6) is 17.2 Å². The molecule has 0 atom stereocenters. The molecule has 0 radical (unpaired) electrons. The van der Waals surface area contributed by atoms with Crippen LogP contribution in [0.4, 0.5) is 5.69 Å². The largest absolute Gasteiger partial charge is 0.497 e. The Morgan fingerprint density at radius 1 is 1.09 bits per heavy atom. The van der Waals surface area contributed by atoms with E-state index >= 15 is 0 Å². The summed E-state index contributed by atoms with van der Waals surface area (Å²) in [6.45, 7) is 4.20. The fraction of sp³-hybridized carbons (Fsp3) is 0.348. The zero-order chi connectivity index (χ0) is 22.3. The first-order valence-corrected chi connectivity index (χ1v) is 10.5. The number of benzene rings is 2. The lowest BCUT2D eigenvalue weighted by molar-refractivity contribution is 0.297. The van der Waals surface area contributed by atoms with Crippen molar-refractivity contribution in [1.82, 2.24) is 20.1 Å². The molecule has 0 saturated heterocycles. The molecule has 2 N–H and O–H groups in total. The van der Waals surface area contributed by atoms with E-state index < -0.39 is 0 Å². The highest BCUT2D eigenvalue weighted by atomic mass is 16.5. The summed E-state index contributed by atoms with van der Waals surface area (Å²) in [6, 6.07) is 13.6. The van der Waals surface area contributed by atoms with Gasteiger partial charge in [0.1, 0.15) is 11.6 Å². The van der Waals surface area contributed by atoms with Gasteiger partial charge >= 0.3 is 0 Å². The second kappa shape index (κ2) is 10.0. The molecule has 0 aliphatic carbocycles.